The van der Waals surface area contributed by atoms with Gasteiger partial charge in [0.25, 0.3) is 0 Å². The standard InChI is InChI=1S/C62H58N2O2Si/c1-39-11-19-46(20-12-39)63(47-23-15-44(16-24-47)61(2,3)4)50-22-14-41-36-55-58(38-43(41)34-50)65-56-32-31-53-54-35-40-13-21-51(33-42(40)37-57(54)66-60(53)59(55)56)64(48-25-17-45(18-26-48)62(5,6)7)49-27-29-52(30-28-49)67(8,9)10/h11-38H,1-10H3. The van der Waals surface area contributed by atoms with Crippen molar-refractivity contribution in [2.45, 2.75) is 78.9 Å². The minimum Gasteiger partial charge on any atom is -0.456 e. The highest BCUT2D eigenvalue weighted by molar-refractivity contribution is 6.88. The molecule has 0 unspecified atom stereocenters. The number of aryl methyl sites for hydroxylation is 1. The molecule has 67 heavy (non-hydrogen) atoms. The van der Waals surface area contributed by atoms with Gasteiger partial charge in [0.1, 0.15) is 22.3 Å². The lowest BCUT2D eigenvalue weighted by Crippen LogP contribution is -2.37. The molecule has 0 atom stereocenters. The Kier molecular flexibility index (Phi) is 9.84. The molecule has 332 valence electrons. The molecule has 11 aromatic rings. The average molecular weight is 891 g/mol. The largest absolute Gasteiger partial charge is 0.456 e. The zero-order chi connectivity index (χ0) is 46.6. The second kappa shape index (κ2) is 15.5. The van der Waals surface area contributed by atoms with Crippen LogP contribution in [0.2, 0.25) is 19.6 Å². The molecule has 0 saturated heterocycles. The van der Waals surface area contributed by atoms with Crippen LogP contribution in [0.4, 0.5) is 34.1 Å². The quantitative estimate of drug-likeness (QED) is 0.149. The van der Waals surface area contributed by atoms with Crippen LogP contribution in [0, 0.1) is 6.92 Å². The maximum atomic E-state index is 6.92. The Morgan fingerprint density at radius 2 is 0.806 bits per heavy atom. The molecule has 0 aliphatic carbocycles. The van der Waals surface area contributed by atoms with Crippen LogP contribution in [0.25, 0.3) is 65.4 Å². The van der Waals surface area contributed by atoms with E-state index in [0.717, 1.165) is 94.2 Å². The summed E-state index contributed by atoms with van der Waals surface area (Å²) < 4.78 is 13.6. The van der Waals surface area contributed by atoms with E-state index in [1.165, 1.54) is 27.3 Å². The number of anilines is 6. The maximum absolute atomic E-state index is 6.92. The molecular weight excluding hydrogens is 833 g/mol. The van der Waals surface area contributed by atoms with Crippen LogP contribution in [0.15, 0.2) is 179 Å². The van der Waals surface area contributed by atoms with Crippen LogP contribution >= 0.6 is 0 Å². The van der Waals surface area contributed by atoms with E-state index >= 15 is 0 Å². The lowest BCUT2D eigenvalue weighted by molar-refractivity contribution is 0.590. The van der Waals surface area contributed by atoms with Crippen molar-refractivity contribution < 1.29 is 8.83 Å². The highest BCUT2D eigenvalue weighted by atomic mass is 28.3. The number of fused-ring (bicyclic) bond motifs is 9. The van der Waals surface area contributed by atoms with Crippen molar-refractivity contribution in [3.05, 3.63) is 187 Å². The minimum absolute atomic E-state index is 0.0697. The molecule has 2 heterocycles. The zero-order valence-corrected chi connectivity index (χ0v) is 41.4. The number of benzene rings is 9. The zero-order valence-electron chi connectivity index (χ0n) is 40.4. The number of nitrogens with zero attached hydrogens (tertiary/aromatic N) is 2. The van der Waals surface area contributed by atoms with Gasteiger partial charge in [-0.1, -0.05) is 133 Å². The molecule has 0 saturated carbocycles. The second-order valence-electron chi connectivity index (χ2n) is 21.7. The first-order valence-electron chi connectivity index (χ1n) is 23.6. The molecule has 4 nitrogen and oxygen atoms in total. The first kappa shape index (κ1) is 42.5. The van der Waals surface area contributed by atoms with Gasteiger partial charge in [-0.3, -0.25) is 0 Å². The van der Waals surface area contributed by atoms with E-state index < -0.39 is 8.07 Å². The fraction of sp³-hybridized carbons (Fsp3) is 0.194. The molecule has 11 rings (SSSR count). The Balaban J connectivity index is 1.00. The van der Waals surface area contributed by atoms with Crippen molar-refractivity contribution in [2.24, 2.45) is 0 Å². The Hall–Kier alpha value is -7.08. The summed E-state index contributed by atoms with van der Waals surface area (Å²) in [5, 5.41) is 10.2. The van der Waals surface area contributed by atoms with Crippen LogP contribution in [0.5, 0.6) is 0 Å². The third-order valence-electron chi connectivity index (χ3n) is 13.7. The predicted octanol–water partition coefficient (Wildman–Crippen LogP) is 18.2. The molecule has 0 fully saturated rings. The van der Waals surface area contributed by atoms with Crippen LogP contribution in [0.1, 0.15) is 58.2 Å². The average Bonchev–Trinajstić information content (AvgIpc) is 3.85. The van der Waals surface area contributed by atoms with Gasteiger partial charge in [0.05, 0.1) is 13.5 Å². The molecular formula is C62H58N2O2Si. The molecule has 9 aromatic carbocycles. The SMILES string of the molecule is Cc1ccc(N(c2ccc(C(C)(C)C)cc2)c2ccc3cc4c(cc3c2)oc2ccc3c5cc6ccc(N(c7ccc(C(C)(C)C)cc7)c7ccc([Si](C)(C)C)cc7)cc6cc5oc3c24)cc1. The van der Waals surface area contributed by atoms with Crippen LogP contribution in [0.3, 0.4) is 0 Å². The summed E-state index contributed by atoms with van der Waals surface area (Å²) in [5.74, 6) is 0. The highest BCUT2D eigenvalue weighted by Gasteiger charge is 2.23. The second-order valence-corrected chi connectivity index (χ2v) is 26.8. The van der Waals surface area contributed by atoms with E-state index in [4.69, 9.17) is 8.83 Å². The molecule has 0 amide bonds. The Morgan fingerprint density at radius 3 is 1.28 bits per heavy atom. The van der Waals surface area contributed by atoms with Crippen LogP contribution in [-0.4, -0.2) is 8.07 Å². The van der Waals surface area contributed by atoms with E-state index in [-0.39, 0.29) is 10.8 Å². The van der Waals surface area contributed by atoms with E-state index in [0.29, 0.717) is 0 Å². The van der Waals surface area contributed by atoms with Crippen molar-refractivity contribution >= 4 is 113 Å². The Bertz CT molecular complexity index is 3610. The fourth-order valence-electron chi connectivity index (χ4n) is 9.75. The Labute approximate surface area is 395 Å². The summed E-state index contributed by atoms with van der Waals surface area (Å²) in [5.41, 5.74) is 14.1. The van der Waals surface area contributed by atoms with Gasteiger partial charge in [0, 0.05) is 50.3 Å². The summed E-state index contributed by atoms with van der Waals surface area (Å²) in [6.45, 7) is 22.9. The van der Waals surface area contributed by atoms with E-state index in [1.807, 2.05) is 0 Å². The minimum atomic E-state index is -1.47. The highest BCUT2D eigenvalue weighted by Crippen LogP contribution is 2.44. The van der Waals surface area contributed by atoms with Crippen molar-refractivity contribution in [1.29, 1.82) is 0 Å². The van der Waals surface area contributed by atoms with Gasteiger partial charge >= 0.3 is 0 Å². The molecule has 0 N–H and O–H groups in total. The molecule has 0 aliphatic heterocycles. The molecule has 0 aliphatic rings. The molecule has 0 spiro atoms. The smallest absolute Gasteiger partial charge is 0.147 e. The first-order chi connectivity index (χ1) is 32.0. The first-order valence-corrected chi connectivity index (χ1v) is 27.1. The van der Waals surface area contributed by atoms with Crippen LogP contribution < -0.4 is 15.0 Å². The van der Waals surface area contributed by atoms with Gasteiger partial charge in [-0.05, 0) is 160 Å². The summed E-state index contributed by atoms with van der Waals surface area (Å²) in [7, 11) is -1.47. The van der Waals surface area contributed by atoms with Gasteiger partial charge < -0.3 is 18.6 Å². The van der Waals surface area contributed by atoms with Crippen molar-refractivity contribution in [3.8, 4) is 0 Å². The predicted molar refractivity (Wildman–Crippen MR) is 290 cm³/mol. The number of rotatable bonds is 7. The van der Waals surface area contributed by atoms with Gasteiger partial charge in [-0.2, -0.15) is 0 Å². The van der Waals surface area contributed by atoms with Gasteiger partial charge in [-0.15, -0.1) is 0 Å². The monoisotopic (exact) mass is 890 g/mol. The van der Waals surface area contributed by atoms with E-state index in [2.05, 4.69) is 248 Å². The van der Waals surface area contributed by atoms with E-state index in [9.17, 15) is 0 Å². The van der Waals surface area contributed by atoms with Gasteiger partial charge in [0.15, 0.2) is 0 Å². The normalized spacial score (nSPS) is 12.6. The van der Waals surface area contributed by atoms with Crippen LogP contribution in [-0.2, 0) is 10.8 Å². The van der Waals surface area contributed by atoms with E-state index in [1.54, 1.807) is 0 Å². The number of furan rings is 2. The van der Waals surface area contributed by atoms with Crippen molar-refractivity contribution in [3.63, 3.8) is 0 Å². The Morgan fingerprint density at radius 1 is 0.373 bits per heavy atom. The molecule has 0 bridgehead atoms. The molecule has 5 heteroatoms. The fourth-order valence-corrected chi connectivity index (χ4v) is 10.9. The summed E-state index contributed by atoms with van der Waals surface area (Å²) in [6.07, 6.45) is 0. The van der Waals surface area contributed by atoms with Gasteiger partial charge in [-0.25, -0.2) is 0 Å². The summed E-state index contributed by atoms with van der Waals surface area (Å²) in [6, 6.07) is 62.8. The van der Waals surface area contributed by atoms with Crippen molar-refractivity contribution in [1.82, 2.24) is 0 Å². The summed E-state index contributed by atoms with van der Waals surface area (Å²) >= 11 is 0. The molecule has 0 radical (unpaired) electrons. The maximum Gasteiger partial charge on any atom is 0.147 e. The summed E-state index contributed by atoms with van der Waals surface area (Å²) in [4.78, 5) is 4.72. The number of hydrogen-bond acceptors (Lipinski definition) is 4. The van der Waals surface area contributed by atoms with Gasteiger partial charge in [0.2, 0.25) is 0 Å². The number of hydrogen-bond donors (Lipinski definition) is 0. The van der Waals surface area contributed by atoms with Crippen molar-refractivity contribution in [2.75, 3.05) is 9.80 Å². The third-order valence-corrected chi connectivity index (χ3v) is 15.8. The third kappa shape index (κ3) is 7.65. The topological polar surface area (TPSA) is 32.8 Å². The molecule has 2 aromatic heterocycles. The lowest BCUT2D eigenvalue weighted by atomic mass is 9.87. The lowest BCUT2D eigenvalue weighted by Gasteiger charge is -2.28.